The third kappa shape index (κ3) is 2.56. The molecule has 0 amide bonds. The summed E-state index contributed by atoms with van der Waals surface area (Å²) in [6.45, 7) is 3.66. The first-order chi connectivity index (χ1) is 8.47. The zero-order valence-corrected chi connectivity index (χ0v) is 10.6. The van der Waals surface area contributed by atoms with Gasteiger partial charge in [-0.1, -0.05) is 0 Å². The van der Waals surface area contributed by atoms with Crippen LogP contribution in [0.25, 0.3) is 0 Å². The number of nitrogens with two attached hydrogens (primary N) is 1. The molecule has 1 unspecified atom stereocenters. The summed E-state index contributed by atoms with van der Waals surface area (Å²) in [5.41, 5.74) is 6.88. The zero-order chi connectivity index (χ0) is 13.3. The average molecular weight is 250 g/mol. The maximum absolute atomic E-state index is 11.1. The highest BCUT2D eigenvalue weighted by Crippen LogP contribution is 2.26. The number of nitrogens with zero attached hydrogens (tertiary/aromatic N) is 1. The van der Waals surface area contributed by atoms with Gasteiger partial charge < -0.3 is 20.5 Å². The Kier molecular flexibility index (Phi) is 3.43. The number of carboxylic acids is 1. The Balaban J connectivity index is 2.21. The number of aromatic carboxylic acids is 1. The molecule has 1 saturated heterocycles. The van der Waals surface area contributed by atoms with Gasteiger partial charge in [0.05, 0.1) is 5.56 Å². The van der Waals surface area contributed by atoms with Crippen molar-refractivity contribution in [2.45, 2.75) is 19.4 Å². The van der Waals surface area contributed by atoms with E-state index in [-0.39, 0.29) is 11.7 Å². The second-order valence-electron chi connectivity index (χ2n) is 4.80. The van der Waals surface area contributed by atoms with Crippen LogP contribution < -0.4 is 10.5 Å². The first-order valence-corrected chi connectivity index (χ1v) is 5.96. The lowest BCUT2D eigenvalue weighted by Gasteiger charge is -2.16. The molecule has 5 heteroatoms. The third-order valence-corrected chi connectivity index (χ3v) is 3.24. The first-order valence-electron chi connectivity index (χ1n) is 5.96. The van der Waals surface area contributed by atoms with Crippen LogP contribution in [0.3, 0.4) is 0 Å². The molecule has 1 aromatic carbocycles. The molecule has 0 aromatic heterocycles. The highest BCUT2D eigenvalue weighted by atomic mass is 16.5. The van der Waals surface area contributed by atoms with Crippen molar-refractivity contribution in [3.8, 4) is 5.75 Å². The average Bonchev–Trinajstić information content (AvgIpc) is 2.68. The van der Waals surface area contributed by atoms with Gasteiger partial charge in [0.1, 0.15) is 11.9 Å². The van der Waals surface area contributed by atoms with Crippen LogP contribution in [0.15, 0.2) is 12.1 Å². The largest absolute Gasteiger partial charge is 0.489 e. The van der Waals surface area contributed by atoms with Gasteiger partial charge in [0.2, 0.25) is 0 Å². The highest BCUT2D eigenvalue weighted by molar-refractivity contribution is 5.95. The van der Waals surface area contributed by atoms with Gasteiger partial charge >= 0.3 is 5.97 Å². The van der Waals surface area contributed by atoms with Crippen LogP contribution in [-0.4, -0.2) is 42.2 Å². The van der Waals surface area contributed by atoms with Gasteiger partial charge in [-0.15, -0.1) is 0 Å². The van der Waals surface area contributed by atoms with Crippen molar-refractivity contribution in [3.05, 3.63) is 23.3 Å². The van der Waals surface area contributed by atoms with Crippen molar-refractivity contribution in [1.29, 1.82) is 0 Å². The predicted molar refractivity (Wildman–Crippen MR) is 69.1 cm³/mol. The molecule has 1 aromatic rings. The molecule has 98 valence electrons. The van der Waals surface area contributed by atoms with E-state index in [1.54, 1.807) is 13.0 Å². The van der Waals surface area contributed by atoms with Gasteiger partial charge in [-0.3, -0.25) is 0 Å². The molecule has 0 radical (unpaired) electrons. The second-order valence-corrected chi connectivity index (χ2v) is 4.80. The van der Waals surface area contributed by atoms with Crippen LogP contribution in [0.4, 0.5) is 5.69 Å². The summed E-state index contributed by atoms with van der Waals surface area (Å²) in [7, 11) is 2.04. The van der Waals surface area contributed by atoms with Crippen molar-refractivity contribution in [1.82, 2.24) is 4.90 Å². The number of nitrogen functional groups attached to an aromatic ring is 1. The Morgan fingerprint density at radius 1 is 1.56 bits per heavy atom. The Labute approximate surface area is 106 Å². The van der Waals surface area contributed by atoms with Gasteiger partial charge in [-0.05, 0) is 38.1 Å². The molecule has 0 aliphatic carbocycles. The smallest absolute Gasteiger partial charge is 0.337 e. The summed E-state index contributed by atoms with van der Waals surface area (Å²) in [5, 5.41) is 9.07. The van der Waals surface area contributed by atoms with Crippen LogP contribution in [0.2, 0.25) is 0 Å². The minimum atomic E-state index is -1.02. The summed E-state index contributed by atoms with van der Waals surface area (Å²) >= 11 is 0. The van der Waals surface area contributed by atoms with Crippen LogP contribution in [0.1, 0.15) is 22.3 Å². The topological polar surface area (TPSA) is 75.8 Å². The van der Waals surface area contributed by atoms with Crippen molar-refractivity contribution in [2.24, 2.45) is 0 Å². The van der Waals surface area contributed by atoms with E-state index in [9.17, 15) is 4.79 Å². The van der Waals surface area contributed by atoms with E-state index >= 15 is 0 Å². The molecular weight excluding hydrogens is 232 g/mol. The van der Waals surface area contributed by atoms with E-state index in [2.05, 4.69) is 4.90 Å². The maximum atomic E-state index is 11.1. The fourth-order valence-corrected chi connectivity index (χ4v) is 2.19. The lowest BCUT2D eigenvalue weighted by molar-refractivity contribution is 0.0697. The second kappa shape index (κ2) is 4.86. The number of ether oxygens (including phenoxy) is 1. The number of likely N-dealkylation sites (tertiary alicyclic amines) is 1. The lowest BCUT2D eigenvalue weighted by atomic mass is 10.1. The van der Waals surface area contributed by atoms with E-state index < -0.39 is 5.97 Å². The van der Waals surface area contributed by atoms with Crippen molar-refractivity contribution in [3.63, 3.8) is 0 Å². The monoisotopic (exact) mass is 250 g/mol. The summed E-state index contributed by atoms with van der Waals surface area (Å²) in [4.78, 5) is 13.3. The van der Waals surface area contributed by atoms with Gasteiger partial charge in [-0.25, -0.2) is 4.79 Å². The molecule has 18 heavy (non-hydrogen) atoms. The van der Waals surface area contributed by atoms with E-state index in [0.717, 1.165) is 25.1 Å². The quantitative estimate of drug-likeness (QED) is 0.792. The number of hydrogen-bond acceptors (Lipinski definition) is 4. The summed E-state index contributed by atoms with van der Waals surface area (Å²) in [5.74, 6) is -0.441. The zero-order valence-electron chi connectivity index (χ0n) is 10.6. The van der Waals surface area contributed by atoms with E-state index in [4.69, 9.17) is 15.6 Å². The van der Waals surface area contributed by atoms with Crippen LogP contribution in [-0.2, 0) is 0 Å². The molecule has 0 spiro atoms. The molecule has 1 aliphatic heterocycles. The molecule has 0 bridgehead atoms. The Morgan fingerprint density at radius 2 is 2.28 bits per heavy atom. The first kappa shape index (κ1) is 12.7. The van der Waals surface area contributed by atoms with Gasteiger partial charge in [0.25, 0.3) is 0 Å². The van der Waals surface area contributed by atoms with Crippen LogP contribution in [0.5, 0.6) is 5.75 Å². The van der Waals surface area contributed by atoms with Gasteiger partial charge in [0, 0.05) is 18.8 Å². The summed E-state index contributed by atoms with van der Waals surface area (Å²) < 4.78 is 5.81. The van der Waals surface area contributed by atoms with Crippen LogP contribution >= 0.6 is 0 Å². The number of benzene rings is 1. The molecule has 1 heterocycles. The lowest BCUT2D eigenvalue weighted by Crippen LogP contribution is -2.21. The molecular formula is C13H18N2O3. The molecule has 3 N–H and O–H groups in total. The molecule has 1 atom stereocenters. The van der Waals surface area contributed by atoms with E-state index in [0.29, 0.717) is 11.4 Å². The molecule has 5 nitrogen and oxygen atoms in total. The Morgan fingerprint density at radius 3 is 2.83 bits per heavy atom. The molecule has 2 rings (SSSR count). The van der Waals surface area contributed by atoms with Crippen molar-refractivity contribution >= 4 is 11.7 Å². The summed E-state index contributed by atoms with van der Waals surface area (Å²) in [6, 6.07) is 3.29. The number of aryl methyl sites for hydroxylation is 1. The standard InChI is InChI=1S/C13H18N2O3/c1-8-5-10(6-11(12(8)14)13(16)17)18-9-3-4-15(2)7-9/h5-6,9H,3-4,7,14H2,1-2H3,(H,16,17). The molecule has 0 saturated carbocycles. The highest BCUT2D eigenvalue weighted by Gasteiger charge is 2.22. The number of hydrogen-bond donors (Lipinski definition) is 2. The third-order valence-electron chi connectivity index (χ3n) is 3.24. The van der Waals surface area contributed by atoms with E-state index in [1.165, 1.54) is 6.07 Å². The van der Waals surface area contributed by atoms with E-state index in [1.807, 2.05) is 7.05 Å². The Hall–Kier alpha value is -1.75. The van der Waals surface area contributed by atoms with Crippen molar-refractivity contribution < 1.29 is 14.6 Å². The molecule has 1 aliphatic rings. The maximum Gasteiger partial charge on any atom is 0.337 e. The number of carboxylic acid groups (broad SMARTS) is 1. The number of anilines is 1. The predicted octanol–water partition coefficient (Wildman–Crippen LogP) is 1.36. The minimum Gasteiger partial charge on any atom is -0.489 e. The summed E-state index contributed by atoms with van der Waals surface area (Å²) in [6.07, 6.45) is 1.09. The fraction of sp³-hybridized carbons (Fsp3) is 0.462. The van der Waals surface area contributed by atoms with Gasteiger partial charge in [0.15, 0.2) is 0 Å². The number of rotatable bonds is 3. The Bertz CT molecular complexity index is 474. The SMILES string of the molecule is Cc1cc(OC2CCN(C)C2)cc(C(=O)O)c1N. The minimum absolute atomic E-state index is 0.108. The number of carbonyl (C=O) groups is 1. The number of likely N-dealkylation sites (N-methyl/N-ethyl adjacent to an activating group) is 1. The molecule has 1 fully saturated rings. The van der Waals surface area contributed by atoms with Gasteiger partial charge in [-0.2, -0.15) is 0 Å². The normalized spacial score (nSPS) is 20.0. The van der Waals surface area contributed by atoms with Crippen LogP contribution in [0, 0.1) is 6.92 Å². The van der Waals surface area contributed by atoms with Crippen molar-refractivity contribution in [2.75, 3.05) is 25.9 Å². The fourth-order valence-electron chi connectivity index (χ4n) is 2.19.